The van der Waals surface area contributed by atoms with Crippen LogP contribution in [0.1, 0.15) is 6.92 Å². The van der Waals surface area contributed by atoms with Crippen LogP contribution in [-0.4, -0.2) is 22.2 Å². The van der Waals surface area contributed by atoms with Crippen LogP contribution in [0.5, 0.6) is 17.4 Å². The van der Waals surface area contributed by atoms with Crippen molar-refractivity contribution in [1.82, 2.24) is 4.98 Å². The van der Waals surface area contributed by atoms with Gasteiger partial charge in [0.2, 0.25) is 5.88 Å². The number of aliphatic hydroxyl groups excluding tert-OH is 1. The van der Waals surface area contributed by atoms with Crippen LogP contribution in [-0.2, 0) is 4.79 Å². The number of rotatable bonds is 4. The summed E-state index contributed by atoms with van der Waals surface area (Å²) in [6.07, 6.45) is 0.405. The molecule has 0 saturated heterocycles. The molecule has 0 amide bonds. The Bertz CT molecular complexity index is 554. The number of pyridine rings is 1. The second-order valence-corrected chi connectivity index (χ2v) is 3.81. The molecular weight excluding hydrogens is 246 g/mol. The quantitative estimate of drug-likeness (QED) is 0.673. The molecule has 0 radical (unpaired) electrons. The zero-order valence-electron chi connectivity index (χ0n) is 10.3. The number of esters is 1. The van der Waals surface area contributed by atoms with Crippen LogP contribution in [0, 0.1) is 0 Å². The maximum absolute atomic E-state index is 11.4. The lowest BCUT2D eigenvalue weighted by molar-refractivity contribution is -0.142. The third-order valence-corrected chi connectivity index (χ3v) is 2.25. The molecule has 0 aliphatic carbocycles. The number of para-hydroxylation sites is 2. The van der Waals surface area contributed by atoms with Crippen molar-refractivity contribution in [1.29, 1.82) is 0 Å². The summed E-state index contributed by atoms with van der Waals surface area (Å²) < 4.78 is 10.6. The number of benzene rings is 1. The minimum Gasteiger partial charge on any atom is -0.435 e. The molecule has 98 valence electrons. The Labute approximate surface area is 110 Å². The molecule has 1 N–H and O–H groups in total. The predicted molar refractivity (Wildman–Crippen MR) is 68.1 cm³/mol. The molecule has 5 heteroatoms. The second kappa shape index (κ2) is 5.97. The largest absolute Gasteiger partial charge is 0.435 e. The molecule has 5 nitrogen and oxygen atoms in total. The molecular formula is C14H13NO4. The highest BCUT2D eigenvalue weighted by Crippen LogP contribution is 2.30. The van der Waals surface area contributed by atoms with Crippen molar-refractivity contribution in [3.63, 3.8) is 0 Å². The van der Waals surface area contributed by atoms with Crippen LogP contribution in [0.25, 0.3) is 0 Å². The molecule has 2 rings (SSSR count). The fourth-order valence-electron chi connectivity index (χ4n) is 1.33. The summed E-state index contributed by atoms with van der Waals surface area (Å²) in [5.74, 6) is 0.245. The zero-order valence-corrected chi connectivity index (χ0v) is 10.3. The van der Waals surface area contributed by atoms with E-state index in [0.717, 1.165) is 0 Å². The van der Waals surface area contributed by atoms with Crippen molar-refractivity contribution in [2.45, 2.75) is 13.0 Å². The SMILES string of the molecule is CC(O)C(=O)Oc1ccccc1Oc1ccccn1. The Morgan fingerprint density at radius 3 is 2.47 bits per heavy atom. The average molecular weight is 259 g/mol. The van der Waals surface area contributed by atoms with Crippen LogP contribution in [0.3, 0.4) is 0 Å². The van der Waals surface area contributed by atoms with Gasteiger partial charge >= 0.3 is 5.97 Å². The third kappa shape index (κ3) is 3.53. The first-order valence-electron chi connectivity index (χ1n) is 5.74. The standard InChI is InChI=1S/C14H13NO4/c1-10(16)14(17)19-12-7-3-2-6-11(12)18-13-8-4-5-9-15-13/h2-10,16H,1H3. The summed E-state index contributed by atoms with van der Waals surface area (Å²) in [4.78, 5) is 15.4. The molecule has 2 aromatic rings. The summed E-state index contributed by atoms with van der Waals surface area (Å²) in [7, 11) is 0. The van der Waals surface area contributed by atoms with E-state index in [0.29, 0.717) is 11.6 Å². The minimum atomic E-state index is -1.19. The monoisotopic (exact) mass is 259 g/mol. The molecule has 1 aromatic heterocycles. The Morgan fingerprint density at radius 2 is 1.84 bits per heavy atom. The van der Waals surface area contributed by atoms with Crippen LogP contribution in [0.4, 0.5) is 0 Å². The van der Waals surface area contributed by atoms with Gasteiger partial charge in [0.15, 0.2) is 11.5 Å². The van der Waals surface area contributed by atoms with E-state index >= 15 is 0 Å². The van der Waals surface area contributed by atoms with Gasteiger partial charge in [-0.1, -0.05) is 18.2 Å². The van der Waals surface area contributed by atoms with E-state index in [4.69, 9.17) is 14.6 Å². The van der Waals surface area contributed by atoms with E-state index in [1.54, 1.807) is 48.7 Å². The van der Waals surface area contributed by atoms with E-state index in [2.05, 4.69) is 4.98 Å². The molecule has 0 fully saturated rings. The smallest absolute Gasteiger partial charge is 0.340 e. The predicted octanol–water partition coefficient (Wildman–Crippen LogP) is 2.16. The van der Waals surface area contributed by atoms with Crippen molar-refractivity contribution >= 4 is 5.97 Å². The van der Waals surface area contributed by atoms with Crippen LogP contribution in [0.2, 0.25) is 0 Å². The molecule has 0 aliphatic rings. The Kier molecular flexibility index (Phi) is 4.10. The van der Waals surface area contributed by atoms with E-state index in [1.165, 1.54) is 6.92 Å². The maximum atomic E-state index is 11.4. The van der Waals surface area contributed by atoms with Gasteiger partial charge < -0.3 is 14.6 Å². The van der Waals surface area contributed by atoms with E-state index in [1.807, 2.05) is 0 Å². The van der Waals surface area contributed by atoms with Crippen molar-refractivity contribution in [2.75, 3.05) is 0 Å². The summed E-state index contributed by atoms with van der Waals surface area (Å²) in [6, 6.07) is 11.9. The number of aliphatic hydroxyl groups is 1. The second-order valence-electron chi connectivity index (χ2n) is 3.81. The molecule has 0 spiro atoms. The highest BCUT2D eigenvalue weighted by molar-refractivity contribution is 5.77. The number of hydrogen-bond donors (Lipinski definition) is 1. The van der Waals surface area contributed by atoms with Gasteiger partial charge in [0.25, 0.3) is 0 Å². The first-order chi connectivity index (χ1) is 9.16. The molecule has 1 aromatic carbocycles. The molecule has 1 unspecified atom stereocenters. The summed E-state index contributed by atoms with van der Waals surface area (Å²) in [5, 5.41) is 9.14. The van der Waals surface area contributed by atoms with E-state index in [-0.39, 0.29) is 5.75 Å². The topological polar surface area (TPSA) is 68.7 Å². The maximum Gasteiger partial charge on any atom is 0.340 e. The average Bonchev–Trinajstić information content (AvgIpc) is 2.42. The van der Waals surface area contributed by atoms with Crippen molar-refractivity contribution in [2.24, 2.45) is 0 Å². The van der Waals surface area contributed by atoms with Gasteiger partial charge in [-0.15, -0.1) is 0 Å². The number of carbonyl (C=O) groups is 1. The number of aromatic nitrogens is 1. The number of nitrogens with zero attached hydrogens (tertiary/aromatic N) is 1. The van der Waals surface area contributed by atoms with Crippen LogP contribution in [0.15, 0.2) is 48.7 Å². The lowest BCUT2D eigenvalue weighted by Gasteiger charge is -2.11. The number of ether oxygens (including phenoxy) is 2. The molecule has 1 heterocycles. The van der Waals surface area contributed by atoms with Crippen molar-refractivity contribution < 1.29 is 19.4 Å². The summed E-state index contributed by atoms with van der Waals surface area (Å²) in [6.45, 7) is 1.34. The Balaban J connectivity index is 2.19. The van der Waals surface area contributed by atoms with Crippen LogP contribution < -0.4 is 9.47 Å². The Hall–Kier alpha value is -2.40. The zero-order chi connectivity index (χ0) is 13.7. The van der Waals surface area contributed by atoms with Gasteiger partial charge in [-0.05, 0) is 25.1 Å². The molecule has 1 atom stereocenters. The van der Waals surface area contributed by atoms with Gasteiger partial charge in [-0.2, -0.15) is 0 Å². The molecule has 0 bridgehead atoms. The Morgan fingerprint density at radius 1 is 1.16 bits per heavy atom. The third-order valence-electron chi connectivity index (χ3n) is 2.25. The summed E-state index contributed by atoms with van der Waals surface area (Å²) >= 11 is 0. The minimum absolute atomic E-state index is 0.235. The highest BCUT2D eigenvalue weighted by Gasteiger charge is 2.15. The van der Waals surface area contributed by atoms with Crippen molar-refractivity contribution in [3.8, 4) is 17.4 Å². The van der Waals surface area contributed by atoms with E-state index in [9.17, 15) is 4.79 Å². The molecule has 19 heavy (non-hydrogen) atoms. The van der Waals surface area contributed by atoms with Gasteiger partial charge in [-0.25, -0.2) is 9.78 Å². The number of carbonyl (C=O) groups excluding carboxylic acids is 1. The molecule has 0 saturated carbocycles. The van der Waals surface area contributed by atoms with Gasteiger partial charge in [0.05, 0.1) is 0 Å². The normalized spacial score (nSPS) is 11.7. The fourth-order valence-corrected chi connectivity index (χ4v) is 1.33. The van der Waals surface area contributed by atoms with Gasteiger partial charge in [-0.3, -0.25) is 0 Å². The van der Waals surface area contributed by atoms with Gasteiger partial charge in [0, 0.05) is 12.3 Å². The number of hydrogen-bond acceptors (Lipinski definition) is 5. The van der Waals surface area contributed by atoms with E-state index < -0.39 is 12.1 Å². The van der Waals surface area contributed by atoms with Crippen LogP contribution >= 0.6 is 0 Å². The highest BCUT2D eigenvalue weighted by atomic mass is 16.6. The molecule has 0 aliphatic heterocycles. The summed E-state index contributed by atoms with van der Waals surface area (Å²) in [5.41, 5.74) is 0. The first-order valence-corrected chi connectivity index (χ1v) is 5.74. The fraction of sp³-hybridized carbons (Fsp3) is 0.143. The van der Waals surface area contributed by atoms with Gasteiger partial charge in [0.1, 0.15) is 6.10 Å². The van der Waals surface area contributed by atoms with Crippen molar-refractivity contribution in [3.05, 3.63) is 48.7 Å². The lowest BCUT2D eigenvalue weighted by Crippen LogP contribution is -2.22. The lowest BCUT2D eigenvalue weighted by atomic mass is 10.3. The first kappa shape index (κ1) is 13.0.